The maximum absolute atomic E-state index is 12.6. The SMILES string of the molecule is CCc1nc2nc(C)c(CC(=O)Nc3cccc(C)c3C)c(C)n2n1. The highest BCUT2D eigenvalue weighted by atomic mass is 16.1. The molecule has 0 bridgehead atoms. The third kappa shape index (κ3) is 3.24. The Labute approximate surface area is 147 Å². The van der Waals surface area contributed by atoms with Crippen LogP contribution < -0.4 is 5.32 Å². The van der Waals surface area contributed by atoms with Crippen molar-refractivity contribution in [2.75, 3.05) is 5.32 Å². The number of carbonyl (C=O) groups is 1. The second-order valence-electron chi connectivity index (χ2n) is 6.33. The zero-order valence-electron chi connectivity index (χ0n) is 15.3. The minimum atomic E-state index is -0.0584. The van der Waals surface area contributed by atoms with Crippen LogP contribution in [0.25, 0.3) is 5.78 Å². The lowest BCUT2D eigenvalue weighted by atomic mass is 10.1. The van der Waals surface area contributed by atoms with Crippen molar-refractivity contribution in [2.24, 2.45) is 0 Å². The number of aromatic nitrogens is 4. The number of nitrogens with one attached hydrogen (secondary N) is 1. The molecular formula is C19H23N5O. The number of fused-ring (bicyclic) bond motifs is 1. The fraction of sp³-hybridized carbons (Fsp3) is 0.368. The number of benzene rings is 1. The average molecular weight is 337 g/mol. The number of hydrogen-bond acceptors (Lipinski definition) is 4. The molecule has 0 atom stereocenters. The normalized spacial score (nSPS) is 11.1. The van der Waals surface area contributed by atoms with Crippen molar-refractivity contribution < 1.29 is 4.79 Å². The van der Waals surface area contributed by atoms with Crippen LogP contribution in [0.1, 0.15) is 40.8 Å². The molecule has 0 unspecified atom stereocenters. The summed E-state index contributed by atoms with van der Waals surface area (Å²) >= 11 is 0. The quantitative estimate of drug-likeness (QED) is 0.794. The van der Waals surface area contributed by atoms with E-state index in [1.54, 1.807) is 4.52 Å². The van der Waals surface area contributed by atoms with E-state index in [4.69, 9.17) is 0 Å². The van der Waals surface area contributed by atoms with Crippen LogP contribution in [0, 0.1) is 27.7 Å². The highest BCUT2D eigenvalue weighted by Gasteiger charge is 2.16. The summed E-state index contributed by atoms with van der Waals surface area (Å²) in [5, 5.41) is 7.47. The van der Waals surface area contributed by atoms with Crippen LogP contribution in [0.4, 0.5) is 5.69 Å². The number of hydrogen-bond donors (Lipinski definition) is 1. The van der Waals surface area contributed by atoms with E-state index in [9.17, 15) is 4.79 Å². The Balaban J connectivity index is 1.89. The lowest BCUT2D eigenvalue weighted by molar-refractivity contribution is -0.115. The van der Waals surface area contributed by atoms with Gasteiger partial charge < -0.3 is 5.32 Å². The van der Waals surface area contributed by atoms with Crippen LogP contribution in [0.15, 0.2) is 18.2 Å². The van der Waals surface area contributed by atoms with E-state index in [-0.39, 0.29) is 12.3 Å². The maximum atomic E-state index is 12.6. The van der Waals surface area contributed by atoms with Gasteiger partial charge in [0.2, 0.25) is 5.91 Å². The van der Waals surface area contributed by atoms with E-state index in [1.165, 1.54) is 0 Å². The van der Waals surface area contributed by atoms with E-state index in [2.05, 4.69) is 20.4 Å². The van der Waals surface area contributed by atoms with E-state index < -0.39 is 0 Å². The van der Waals surface area contributed by atoms with Crippen LogP contribution in [-0.2, 0) is 17.6 Å². The van der Waals surface area contributed by atoms with Gasteiger partial charge in [-0.05, 0) is 44.9 Å². The molecule has 1 amide bonds. The second kappa shape index (κ2) is 6.63. The molecule has 0 saturated heterocycles. The molecule has 25 heavy (non-hydrogen) atoms. The topological polar surface area (TPSA) is 72.2 Å². The number of rotatable bonds is 4. The van der Waals surface area contributed by atoms with Crippen LogP contribution >= 0.6 is 0 Å². The molecule has 3 rings (SSSR count). The fourth-order valence-corrected chi connectivity index (χ4v) is 2.90. The van der Waals surface area contributed by atoms with Gasteiger partial charge in [-0.1, -0.05) is 19.1 Å². The first-order chi connectivity index (χ1) is 11.9. The molecule has 2 heterocycles. The van der Waals surface area contributed by atoms with Crippen molar-refractivity contribution >= 4 is 17.4 Å². The molecule has 0 saturated carbocycles. The molecule has 3 aromatic rings. The minimum Gasteiger partial charge on any atom is -0.326 e. The Morgan fingerprint density at radius 3 is 2.64 bits per heavy atom. The lowest BCUT2D eigenvalue weighted by Crippen LogP contribution is -2.18. The molecule has 0 aliphatic rings. The number of carbonyl (C=O) groups excluding carboxylic acids is 1. The van der Waals surface area contributed by atoms with Gasteiger partial charge in [-0.2, -0.15) is 4.98 Å². The molecular weight excluding hydrogens is 314 g/mol. The van der Waals surface area contributed by atoms with Gasteiger partial charge in [0.25, 0.3) is 5.78 Å². The molecule has 130 valence electrons. The van der Waals surface area contributed by atoms with E-state index in [0.717, 1.165) is 46.0 Å². The van der Waals surface area contributed by atoms with Crippen molar-refractivity contribution in [1.82, 2.24) is 19.6 Å². The highest BCUT2D eigenvalue weighted by Crippen LogP contribution is 2.19. The van der Waals surface area contributed by atoms with Crippen LogP contribution in [-0.4, -0.2) is 25.5 Å². The van der Waals surface area contributed by atoms with E-state index >= 15 is 0 Å². The maximum Gasteiger partial charge on any atom is 0.252 e. The Bertz CT molecular complexity index is 958. The van der Waals surface area contributed by atoms with Crippen LogP contribution in [0.5, 0.6) is 0 Å². The third-order valence-electron chi connectivity index (χ3n) is 4.63. The predicted octanol–water partition coefficient (Wildman–Crippen LogP) is 3.10. The summed E-state index contributed by atoms with van der Waals surface area (Å²) in [6.45, 7) is 9.92. The van der Waals surface area contributed by atoms with Crippen molar-refractivity contribution in [3.63, 3.8) is 0 Å². The Hall–Kier alpha value is -2.76. The van der Waals surface area contributed by atoms with E-state index in [0.29, 0.717) is 5.78 Å². The van der Waals surface area contributed by atoms with E-state index in [1.807, 2.05) is 52.8 Å². The first-order valence-corrected chi connectivity index (χ1v) is 8.48. The first kappa shape index (κ1) is 17.1. The van der Waals surface area contributed by atoms with Gasteiger partial charge in [-0.25, -0.2) is 9.50 Å². The predicted molar refractivity (Wildman–Crippen MR) is 97.9 cm³/mol. The summed E-state index contributed by atoms with van der Waals surface area (Å²) < 4.78 is 1.73. The summed E-state index contributed by atoms with van der Waals surface area (Å²) in [5.74, 6) is 1.29. The van der Waals surface area contributed by atoms with Gasteiger partial charge in [-0.3, -0.25) is 4.79 Å². The Kier molecular flexibility index (Phi) is 4.53. The lowest BCUT2D eigenvalue weighted by Gasteiger charge is -2.13. The molecule has 0 radical (unpaired) electrons. The highest BCUT2D eigenvalue weighted by molar-refractivity contribution is 5.93. The van der Waals surface area contributed by atoms with Gasteiger partial charge in [0.05, 0.1) is 6.42 Å². The zero-order valence-corrected chi connectivity index (χ0v) is 15.3. The van der Waals surface area contributed by atoms with Crippen LogP contribution in [0.3, 0.4) is 0 Å². The average Bonchev–Trinajstić information content (AvgIpc) is 2.99. The molecule has 0 aliphatic carbocycles. The number of aryl methyl sites for hydroxylation is 4. The molecule has 6 heteroatoms. The number of nitrogens with zero attached hydrogens (tertiary/aromatic N) is 4. The number of amides is 1. The summed E-state index contributed by atoms with van der Waals surface area (Å²) in [4.78, 5) is 21.5. The second-order valence-corrected chi connectivity index (χ2v) is 6.33. The van der Waals surface area contributed by atoms with Gasteiger partial charge in [0.1, 0.15) is 0 Å². The van der Waals surface area contributed by atoms with Gasteiger partial charge in [-0.15, -0.1) is 5.10 Å². The minimum absolute atomic E-state index is 0.0584. The monoisotopic (exact) mass is 337 g/mol. The zero-order chi connectivity index (χ0) is 18.1. The summed E-state index contributed by atoms with van der Waals surface area (Å²) in [7, 11) is 0. The Morgan fingerprint density at radius 2 is 1.92 bits per heavy atom. The smallest absolute Gasteiger partial charge is 0.252 e. The summed E-state index contributed by atoms with van der Waals surface area (Å²) in [6, 6.07) is 5.91. The largest absolute Gasteiger partial charge is 0.326 e. The van der Waals surface area contributed by atoms with Crippen molar-refractivity contribution in [3.8, 4) is 0 Å². The molecule has 6 nitrogen and oxygen atoms in total. The number of anilines is 1. The van der Waals surface area contributed by atoms with Gasteiger partial charge in [0.15, 0.2) is 5.82 Å². The summed E-state index contributed by atoms with van der Waals surface area (Å²) in [6.07, 6.45) is 1.01. The molecule has 0 fully saturated rings. The van der Waals surface area contributed by atoms with Gasteiger partial charge >= 0.3 is 0 Å². The van der Waals surface area contributed by atoms with Crippen molar-refractivity contribution in [1.29, 1.82) is 0 Å². The standard InChI is InChI=1S/C19H23N5O/c1-6-17-22-19-20-13(4)15(14(5)24(19)23-17)10-18(25)21-16-9-7-8-11(2)12(16)3/h7-9H,6,10H2,1-5H3,(H,21,25). The molecule has 2 aromatic heterocycles. The molecule has 0 aliphatic heterocycles. The van der Waals surface area contributed by atoms with Crippen molar-refractivity contribution in [3.05, 3.63) is 52.1 Å². The molecule has 1 N–H and O–H groups in total. The van der Waals surface area contributed by atoms with Crippen molar-refractivity contribution in [2.45, 2.75) is 47.5 Å². The molecule has 1 aromatic carbocycles. The summed E-state index contributed by atoms with van der Waals surface area (Å²) in [5.41, 5.74) is 5.71. The molecule has 0 spiro atoms. The van der Waals surface area contributed by atoms with Gasteiger partial charge in [0, 0.05) is 29.1 Å². The Morgan fingerprint density at radius 1 is 1.16 bits per heavy atom. The fourth-order valence-electron chi connectivity index (χ4n) is 2.90. The van der Waals surface area contributed by atoms with Crippen LogP contribution in [0.2, 0.25) is 0 Å². The first-order valence-electron chi connectivity index (χ1n) is 8.48. The third-order valence-corrected chi connectivity index (χ3v) is 4.63.